The van der Waals surface area contributed by atoms with Crippen LogP contribution in [0.4, 0.5) is 0 Å². The molecule has 2 aromatic carbocycles. The highest BCUT2D eigenvalue weighted by Gasteiger charge is 2.17. The van der Waals surface area contributed by atoms with Crippen molar-refractivity contribution in [1.82, 2.24) is 0 Å². The Balaban J connectivity index is 1.97. The van der Waals surface area contributed by atoms with Crippen LogP contribution >= 0.6 is 38.9 Å². The molecule has 0 radical (unpaired) electrons. The highest BCUT2D eigenvalue weighted by Crippen LogP contribution is 2.36. The van der Waals surface area contributed by atoms with Gasteiger partial charge < -0.3 is 0 Å². The molecule has 0 aliphatic carbocycles. The molecule has 3 aromatic rings. The molecule has 3 rings (SSSR count). The Kier molecular flexibility index (Phi) is 4.16. The van der Waals surface area contributed by atoms with Crippen molar-refractivity contribution >= 4 is 54.7 Å². The number of carbonyl (C=O) groups is 1. The zero-order chi connectivity index (χ0) is 15.0. The molecule has 0 unspecified atom stereocenters. The van der Waals surface area contributed by atoms with Crippen LogP contribution in [0, 0.1) is 6.92 Å². The molecule has 106 valence electrons. The summed E-state index contributed by atoms with van der Waals surface area (Å²) >= 11 is 11.3. The quantitative estimate of drug-likeness (QED) is 0.506. The van der Waals surface area contributed by atoms with E-state index in [1.54, 1.807) is 0 Å². The van der Waals surface area contributed by atoms with Crippen LogP contribution in [0.3, 0.4) is 0 Å². The minimum absolute atomic E-state index is 0.0717. The lowest BCUT2D eigenvalue weighted by molar-refractivity contribution is 0.0997. The van der Waals surface area contributed by atoms with Crippen molar-refractivity contribution in [3.8, 4) is 0 Å². The first-order valence-electron chi connectivity index (χ1n) is 6.51. The van der Waals surface area contributed by atoms with Crippen LogP contribution in [0.5, 0.6) is 0 Å². The molecule has 0 atom stereocenters. The van der Waals surface area contributed by atoms with Gasteiger partial charge in [0, 0.05) is 21.0 Å². The molecular weight excluding hydrogens is 368 g/mol. The van der Waals surface area contributed by atoms with Gasteiger partial charge in [0.25, 0.3) is 0 Å². The van der Waals surface area contributed by atoms with E-state index in [0.717, 1.165) is 25.7 Å². The smallest absolute Gasteiger partial charge is 0.178 e. The Morgan fingerprint density at radius 1 is 1.24 bits per heavy atom. The molecule has 1 heterocycles. The lowest BCUT2D eigenvalue weighted by Gasteiger charge is -2.05. The van der Waals surface area contributed by atoms with Crippen LogP contribution in [0.1, 0.15) is 20.8 Å². The number of benzene rings is 2. The van der Waals surface area contributed by atoms with Gasteiger partial charge >= 0.3 is 0 Å². The van der Waals surface area contributed by atoms with Crippen molar-refractivity contribution in [2.75, 3.05) is 0 Å². The summed E-state index contributed by atoms with van der Waals surface area (Å²) in [6.07, 6.45) is 0.373. The summed E-state index contributed by atoms with van der Waals surface area (Å²) in [5.74, 6) is 0.0717. The monoisotopic (exact) mass is 378 g/mol. The number of ketones is 1. The molecule has 1 aromatic heterocycles. The second kappa shape index (κ2) is 5.91. The van der Waals surface area contributed by atoms with Gasteiger partial charge in [0.15, 0.2) is 5.78 Å². The number of aryl methyl sites for hydroxylation is 1. The minimum atomic E-state index is 0.0717. The topological polar surface area (TPSA) is 17.1 Å². The number of halogens is 2. The molecule has 0 bridgehead atoms. The van der Waals surface area contributed by atoms with Gasteiger partial charge in [0.1, 0.15) is 0 Å². The number of rotatable bonds is 3. The molecule has 0 saturated heterocycles. The summed E-state index contributed by atoms with van der Waals surface area (Å²) in [6.45, 7) is 2.02. The molecule has 4 heteroatoms. The van der Waals surface area contributed by atoms with Crippen LogP contribution < -0.4 is 0 Å². The average Bonchev–Trinajstić information content (AvgIpc) is 2.81. The maximum atomic E-state index is 12.6. The summed E-state index contributed by atoms with van der Waals surface area (Å²) in [7, 11) is 0. The number of Topliss-reactive ketones (excluding diaryl/α,β-unsaturated/α-hetero) is 1. The van der Waals surface area contributed by atoms with E-state index in [2.05, 4.69) is 15.9 Å². The van der Waals surface area contributed by atoms with Crippen molar-refractivity contribution in [2.24, 2.45) is 0 Å². The number of fused-ring (bicyclic) bond motifs is 1. The largest absolute Gasteiger partial charge is 0.293 e. The van der Waals surface area contributed by atoms with Crippen molar-refractivity contribution in [2.45, 2.75) is 13.3 Å². The zero-order valence-electron chi connectivity index (χ0n) is 11.3. The summed E-state index contributed by atoms with van der Waals surface area (Å²) in [4.78, 5) is 13.2. The van der Waals surface area contributed by atoms with Crippen molar-refractivity contribution in [3.05, 3.63) is 68.0 Å². The maximum absolute atomic E-state index is 12.6. The van der Waals surface area contributed by atoms with E-state index in [1.165, 1.54) is 11.3 Å². The van der Waals surface area contributed by atoms with E-state index in [1.807, 2.05) is 49.4 Å². The predicted octanol–water partition coefficient (Wildman–Crippen LogP) is 6.05. The van der Waals surface area contributed by atoms with E-state index in [4.69, 9.17) is 11.6 Å². The van der Waals surface area contributed by atoms with E-state index < -0.39 is 0 Å². The lowest BCUT2D eigenvalue weighted by Crippen LogP contribution is -2.03. The standard InChI is InChI=1S/C17H12BrClOS/c1-10-6-7-12(18)8-11(10)9-14(20)17-16(19)13-4-2-3-5-15(13)21-17/h2-8H,9H2,1H3. The van der Waals surface area contributed by atoms with Crippen molar-refractivity contribution in [1.29, 1.82) is 0 Å². The van der Waals surface area contributed by atoms with E-state index in [0.29, 0.717) is 16.3 Å². The third kappa shape index (κ3) is 2.91. The number of thiophene rings is 1. The van der Waals surface area contributed by atoms with Gasteiger partial charge in [0.2, 0.25) is 0 Å². The first-order chi connectivity index (χ1) is 10.1. The van der Waals surface area contributed by atoms with E-state index in [9.17, 15) is 4.79 Å². The second-order valence-corrected chi connectivity index (χ2v) is 7.26. The summed E-state index contributed by atoms with van der Waals surface area (Å²) < 4.78 is 2.04. The van der Waals surface area contributed by atoms with Gasteiger partial charge in [-0.25, -0.2) is 0 Å². The molecule has 0 spiro atoms. The molecule has 0 fully saturated rings. The Hall–Kier alpha value is -1.16. The third-order valence-electron chi connectivity index (χ3n) is 3.45. The van der Waals surface area contributed by atoms with Crippen LogP contribution in [-0.2, 0) is 6.42 Å². The highest BCUT2D eigenvalue weighted by molar-refractivity contribution is 9.10. The first-order valence-corrected chi connectivity index (χ1v) is 8.50. The van der Waals surface area contributed by atoms with Crippen LogP contribution in [0.25, 0.3) is 10.1 Å². The Morgan fingerprint density at radius 3 is 2.76 bits per heavy atom. The van der Waals surface area contributed by atoms with Crippen LogP contribution in [0.2, 0.25) is 5.02 Å². The maximum Gasteiger partial charge on any atom is 0.178 e. The summed E-state index contributed by atoms with van der Waals surface area (Å²) in [6, 6.07) is 13.8. The average molecular weight is 380 g/mol. The number of carbonyl (C=O) groups excluding carboxylic acids is 1. The molecule has 0 aliphatic heterocycles. The fraction of sp³-hybridized carbons (Fsp3) is 0.118. The molecule has 0 N–H and O–H groups in total. The van der Waals surface area contributed by atoms with Crippen LogP contribution in [-0.4, -0.2) is 5.78 Å². The van der Waals surface area contributed by atoms with E-state index in [-0.39, 0.29) is 5.78 Å². The molecule has 0 saturated carbocycles. The second-order valence-electron chi connectivity index (χ2n) is 4.91. The normalized spacial score (nSPS) is 11.0. The molecule has 0 aliphatic rings. The SMILES string of the molecule is Cc1ccc(Br)cc1CC(=O)c1sc2ccccc2c1Cl. The number of hydrogen-bond donors (Lipinski definition) is 0. The lowest BCUT2D eigenvalue weighted by atomic mass is 10.0. The minimum Gasteiger partial charge on any atom is -0.293 e. The van der Waals surface area contributed by atoms with Gasteiger partial charge in [-0.1, -0.05) is 51.8 Å². The van der Waals surface area contributed by atoms with Gasteiger partial charge in [-0.3, -0.25) is 4.79 Å². The van der Waals surface area contributed by atoms with Gasteiger partial charge in [-0.15, -0.1) is 11.3 Å². The fourth-order valence-corrected chi connectivity index (χ4v) is 4.16. The Bertz CT molecular complexity index is 838. The predicted molar refractivity (Wildman–Crippen MR) is 93.7 cm³/mol. The summed E-state index contributed by atoms with van der Waals surface area (Å²) in [5.41, 5.74) is 2.15. The fourth-order valence-electron chi connectivity index (χ4n) is 2.28. The zero-order valence-corrected chi connectivity index (χ0v) is 14.5. The van der Waals surface area contributed by atoms with Gasteiger partial charge in [-0.05, 0) is 36.2 Å². The van der Waals surface area contributed by atoms with Gasteiger partial charge in [0.05, 0.1) is 9.90 Å². The molecular formula is C17H12BrClOS. The van der Waals surface area contributed by atoms with E-state index >= 15 is 0 Å². The highest BCUT2D eigenvalue weighted by atomic mass is 79.9. The summed E-state index contributed by atoms with van der Waals surface area (Å²) in [5, 5.41) is 1.53. The molecule has 1 nitrogen and oxygen atoms in total. The van der Waals surface area contributed by atoms with Gasteiger partial charge in [-0.2, -0.15) is 0 Å². The first kappa shape index (κ1) is 14.8. The third-order valence-corrected chi connectivity index (χ3v) is 5.66. The number of hydrogen-bond acceptors (Lipinski definition) is 2. The van der Waals surface area contributed by atoms with Crippen LogP contribution in [0.15, 0.2) is 46.9 Å². The van der Waals surface area contributed by atoms with Crippen molar-refractivity contribution < 1.29 is 4.79 Å². The Morgan fingerprint density at radius 2 is 2.00 bits per heavy atom. The Labute approximate surface area is 140 Å². The van der Waals surface area contributed by atoms with Crippen molar-refractivity contribution in [3.63, 3.8) is 0 Å². The molecule has 0 amide bonds. The molecule has 21 heavy (non-hydrogen) atoms.